The Morgan fingerprint density at radius 2 is 2.06 bits per heavy atom. The van der Waals surface area contributed by atoms with E-state index in [1.54, 1.807) is 7.11 Å². The summed E-state index contributed by atoms with van der Waals surface area (Å²) in [5.74, 6) is 0.795. The smallest absolute Gasteiger partial charge is 0.118 e. The predicted octanol–water partition coefficient (Wildman–Crippen LogP) is 0.332. The van der Waals surface area contributed by atoms with Crippen molar-refractivity contribution in [3.8, 4) is 5.75 Å². The normalized spacial score (nSPS) is 27.4. The first-order valence-corrected chi connectivity index (χ1v) is 5.89. The number of benzene rings is 1. The van der Waals surface area contributed by atoms with E-state index in [1.807, 2.05) is 24.3 Å². The number of aliphatic hydroxyl groups is 2. The van der Waals surface area contributed by atoms with Gasteiger partial charge in [0.1, 0.15) is 24.1 Å². The van der Waals surface area contributed by atoms with Crippen molar-refractivity contribution in [1.29, 1.82) is 0 Å². The zero-order chi connectivity index (χ0) is 13.0. The third-order valence-electron chi connectivity index (χ3n) is 3.04. The minimum Gasteiger partial charge on any atom is -0.497 e. The highest BCUT2D eigenvalue weighted by atomic mass is 16.6. The van der Waals surface area contributed by atoms with Crippen LogP contribution in [0.25, 0.3) is 0 Å². The fourth-order valence-corrected chi connectivity index (χ4v) is 1.89. The highest BCUT2D eigenvalue weighted by molar-refractivity contribution is 5.26. The molecule has 1 aliphatic heterocycles. The fourth-order valence-electron chi connectivity index (χ4n) is 1.89. The molecule has 0 aliphatic carbocycles. The molecule has 1 saturated heterocycles. The lowest BCUT2D eigenvalue weighted by atomic mass is 10.1. The molecule has 2 rings (SSSR count). The van der Waals surface area contributed by atoms with Crippen LogP contribution in [-0.4, -0.2) is 48.8 Å². The molecule has 5 nitrogen and oxygen atoms in total. The van der Waals surface area contributed by atoms with Gasteiger partial charge in [0.05, 0.1) is 26.9 Å². The quantitative estimate of drug-likeness (QED) is 0.792. The van der Waals surface area contributed by atoms with Gasteiger partial charge in [-0.05, 0) is 17.7 Å². The topological polar surface area (TPSA) is 68.2 Å². The lowest BCUT2D eigenvalue weighted by molar-refractivity contribution is -0.0340. The maximum Gasteiger partial charge on any atom is 0.118 e. The Bertz CT molecular complexity index is 364. The van der Waals surface area contributed by atoms with Crippen molar-refractivity contribution < 1.29 is 24.4 Å². The molecule has 5 heteroatoms. The largest absolute Gasteiger partial charge is 0.497 e. The van der Waals surface area contributed by atoms with Crippen LogP contribution in [0.15, 0.2) is 24.3 Å². The molecule has 18 heavy (non-hydrogen) atoms. The highest BCUT2D eigenvalue weighted by Gasteiger charge is 2.36. The van der Waals surface area contributed by atoms with E-state index in [2.05, 4.69) is 0 Å². The van der Waals surface area contributed by atoms with Gasteiger partial charge in [0.15, 0.2) is 0 Å². The summed E-state index contributed by atoms with van der Waals surface area (Å²) in [5.41, 5.74) is 0.996. The Kier molecular flexibility index (Phi) is 4.54. The molecular weight excluding hydrogens is 236 g/mol. The molecule has 0 saturated carbocycles. The average molecular weight is 254 g/mol. The third kappa shape index (κ3) is 3.00. The first-order chi connectivity index (χ1) is 8.74. The predicted molar refractivity (Wildman–Crippen MR) is 64.4 cm³/mol. The standard InChI is InChI=1S/C13H18O5/c1-16-10-4-2-9(3-5-10)7-17-12-8-18-11(6-14)13(12)15/h2-5,11-15H,6-8H2,1H3/t11-,12+,13-/m1/s1. The van der Waals surface area contributed by atoms with Crippen LogP contribution in [-0.2, 0) is 16.1 Å². The van der Waals surface area contributed by atoms with E-state index < -0.39 is 12.2 Å². The molecule has 2 N–H and O–H groups in total. The Hall–Kier alpha value is -1.14. The Morgan fingerprint density at radius 1 is 1.33 bits per heavy atom. The molecule has 100 valence electrons. The van der Waals surface area contributed by atoms with Gasteiger partial charge >= 0.3 is 0 Å². The van der Waals surface area contributed by atoms with Gasteiger partial charge in [-0.15, -0.1) is 0 Å². The highest BCUT2D eigenvalue weighted by Crippen LogP contribution is 2.19. The van der Waals surface area contributed by atoms with E-state index in [4.69, 9.17) is 19.3 Å². The van der Waals surface area contributed by atoms with Crippen molar-refractivity contribution >= 4 is 0 Å². The average Bonchev–Trinajstić information content (AvgIpc) is 2.77. The van der Waals surface area contributed by atoms with Crippen molar-refractivity contribution in [3.63, 3.8) is 0 Å². The van der Waals surface area contributed by atoms with Crippen molar-refractivity contribution in [3.05, 3.63) is 29.8 Å². The summed E-state index contributed by atoms with van der Waals surface area (Å²) >= 11 is 0. The van der Waals surface area contributed by atoms with Crippen molar-refractivity contribution in [2.24, 2.45) is 0 Å². The molecular formula is C13H18O5. The SMILES string of the molecule is COc1ccc(CO[C@H]2CO[C@H](CO)[C@H]2O)cc1. The lowest BCUT2D eigenvalue weighted by Gasteiger charge is -2.16. The zero-order valence-electron chi connectivity index (χ0n) is 10.3. The molecule has 0 bridgehead atoms. The molecule has 1 aromatic carbocycles. The monoisotopic (exact) mass is 254 g/mol. The van der Waals surface area contributed by atoms with Crippen LogP contribution in [0, 0.1) is 0 Å². The lowest BCUT2D eigenvalue weighted by Crippen LogP contribution is -2.33. The Labute approximate surface area is 106 Å². The summed E-state index contributed by atoms with van der Waals surface area (Å²) in [6.45, 7) is 0.513. The van der Waals surface area contributed by atoms with E-state index in [-0.39, 0.29) is 12.7 Å². The van der Waals surface area contributed by atoms with Crippen LogP contribution < -0.4 is 4.74 Å². The number of rotatable bonds is 5. The van der Waals surface area contributed by atoms with Crippen LogP contribution in [0.5, 0.6) is 5.75 Å². The van der Waals surface area contributed by atoms with E-state index in [1.165, 1.54) is 0 Å². The van der Waals surface area contributed by atoms with Gasteiger partial charge in [0.2, 0.25) is 0 Å². The number of ether oxygens (including phenoxy) is 3. The number of hydrogen-bond donors (Lipinski definition) is 2. The second-order valence-electron chi connectivity index (χ2n) is 4.24. The zero-order valence-corrected chi connectivity index (χ0v) is 10.3. The second-order valence-corrected chi connectivity index (χ2v) is 4.24. The summed E-state index contributed by atoms with van der Waals surface area (Å²) in [6.07, 6.45) is -1.69. The van der Waals surface area contributed by atoms with E-state index in [9.17, 15) is 5.11 Å². The fraction of sp³-hybridized carbons (Fsp3) is 0.538. The summed E-state index contributed by atoms with van der Waals surface area (Å²) < 4.78 is 15.9. The van der Waals surface area contributed by atoms with Crippen molar-refractivity contribution in [2.45, 2.75) is 24.9 Å². The van der Waals surface area contributed by atoms with Crippen LogP contribution in [0.4, 0.5) is 0 Å². The molecule has 0 aromatic heterocycles. The second kappa shape index (κ2) is 6.15. The van der Waals surface area contributed by atoms with Crippen LogP contribution in [0.1, 0.15) is 5.56 Å². The van der Waals surface area contributed by atoms with Crippen molar-refractivity contribution in [1.82, 2.24) is 0 Å². The van der Waals surface area contributed by atoms with Gasteiger partial charge in [-0.2, -0.15) is 0 Å². The summed E-state index contributed by atoms with van der Waals surface area (Å²) in [7, 11) is 1.62. The molecule has 0 radical (unpaired) electrons. The maximum atomic E-state index is 9.78. The minimum atomic E-state index is -0.770. The molecule has 1 heterocycles. The van der Waals surface area contributed by atoms with Crippen LogP contribution in [0.3, 0.4) is 0 Å². The first-order valence-electron chi connectivity index (χ1n) is 5.89. The Morgan fingerprint density at radius 3 is 2.61 bits per heavy atom. The Balaban J connectivity index is 1.84. The van der Waals surface area contributed by atoms with Crippen LogP contribution >= 0.6 is 0 Å². The molecule has 1 fully saturated rings. The van der Waals surface area contributed by atoms with Gasteiger partial charge in [-0.3, -0.25) is 0 Å². The molecule has 1 aromatic rings. The molecule has 0 unspecified atom stereocenters. The van der Waals surface area contributed by atoms with Gasteiger partial charge in [-0.25, -0.2) is 0 Å². The van der Waals surface area contributed by atoms with Crippen molar-refractivity contribution in [2.75, 3.05) is 20.3 Å². The minimum absolute atomic E-state index is 0.191. The van der Waals surface area contributed by atoms with E-state index >= 15 is 0 Å². The molecule has 0 spiro atoms. The number of aliphatic hydroxyl groups excluding tert-OH is 2. The van der Waals surface area contributed by atoms with Crippen LogP contribution in [0.2, 0.25) is 0 Å². The van der Waals surface area contributed by atoms with Gasteiger partial charge in [0.25, 0.3) is 0 Å². The molecule has 1 aliphatic rings. The van der Waals surface area contributed by atoms with E-state index in [0.29, 0.717) is 13.2 Å². The van der Waals surface area contributed by atoms with E-state index in [0.717, 1.165) is 11.3 Å². The molecule has 3 atom stereocenters. The van der Waals surface area contributed by atoms with Gasteiger partial charge in [0, 0.05) is 0 Å². The molecule has 0 amide bonds. The van der Waals surface area contributed by atoms with Gasteiger partial charge < -0.3 is 24.4 Å². The summed E-state index contributed by atoms with van der Waals surface area (Å²) in [4.78, 5) is 0. The maximum absolute atomic E-state index is 9.78. The number of methoxy groups -OCH3 is 1. The van der Waals surface area contributed by atoms with Gasteiger partial charge in [-0.1, -0.05) is 12.1 Å². The first kappa shape index (κ1) is 13.3. The summed E-state index contributed by atoms with van der Waals surface area (Å²) in [5, 5.41) is 18.7. The number of hydrogen-bond acceptors (Lipinski definition) is 5. The third-order valence-corrected chi connectivity index (χ3v) is 3.04. The summed E-state index contributed by atoms with van der Waals surface area (Å²) in [6, 6.07) is 7.53.